The minimum absolute atomic E-state index is 0.0440. The molecule has 0 fully saturated rings. The number of aromatic nitrogens is 2. The number of carbonyl (C=O) groups is 1. The molecule has 1 amide bonds. The first-order chi connectivity index (χ1) is 14.5. The number of halogens is 1. The number of likely N-dealkylation sites (N-methyl/N-ethyl adjacent to an activating group) is 1. The molecule has 1 aromatic heterocycles. The van der Waals surface area contributed by atoms with E-state index in [0.717, 1.165) is 5.56 Å². The van der Waals surface area contributed by atoms with Gasteiger partial charge >= 0.3 is 0 Å². The molecule has 0 aliphatic carbocycles. The van der Waals surface area contributed by atoms with Gasteiger partial charge in [-0.1, -0.05) is 48.9 Å². The van der Waals surface area contributed by atoms with Crippen LogP contribution < -0.4 is 5.56 Å². The lowest BCUT2D eigenvalue weighted by Gasteiger charge is -2.29. The van der Waals surface area contributed by atoms with Gasteiger partial charge in [0.2, 0.25) is 5.91 Å². The molecule has 3 aromatic rings. The van der Waals surface area contributed by atoms with Crippen molar-refractivity contribution in [3.8, 4) is 0 Å². The Morgan fingerprint density at radius 3 is 2.60 bits per heavy atom. The van der Waals surface area contributed by atoms with Crippen LogP contribution in [0.15, 0.2) is 53.3 Å². The largest absolute Gasteiger partial charge is 0.367 e. The van der Waals surface area contributed by atoms with E-state index in [1.165, 1.54) is 0 Å². The first kappa shape index (κ1) is 22.0. The maximum Gasteiger partial charge on any atom is 0.261 e. The fourth-order valence-electron chi connectivity index (χ4n) is 3.51. The molecule has 6 nitrogen and oxygen atoms in total. The lowest BCUT2D eigenvalue weighted by atomic mass is 10.1. The Hall–Kier alpha value is -2.70. The van der Waals surface area contributed by atoms with Crippen molar-refractivity contribution >= 4 is 28.4 Å². The molecular formula is C23H26ClN3O3. The third-order valence-corrected chi connectivity index (χ3v) is 5.38. The van der Waals surface area contributed by atoms with Crippen LogP contribution in [0.25, 0.3) is 10.9 Å². The standard InChI is InChI=1S/C23H26ClN3O3/c1-4-20(26(3)21(28)15-30-14-16-9-7-6-8-10-16)22-25-19-13-17(24)11-12-18(19)23(29)27(22)5-2/h6-13,20H,4-5,14-15H2,1-3H3. The van der Waals surface area contributed by atoms with Crippen molar-refractivity contribution in [3.63, 3.8) is 0 Å². The Labute approximate surface area is 181 Å². The Balaban J connectivity index is 1.84. The number of fused-ring (bicyclic) bond motifs is 1. The summed E-state index contributed by atoms with van der Waals surface area (Å²) in [6.07, 6.45) is 0.611. The lowest BCUT2D eigenvalue weighted by molar-refractivity contribution is -0.137. The van der Waals surface area contributed by atoms with Gasteiger partial charge in [-0.15, -0.1) is 0 Å². The third-order valence-electron chi connectivity index (χ3n) is 5.15. The molecule has 0 radical (unpaired) electrons. The monoisotopic (exact) mass is 427 g/mol. The second-order valence-electron chi connectivity index (χ2n) is 7.09. The molecule has 1 unspecified atom stereocenters. The van der Waals surface area contributed by atoms with Crippen molar-refractivity contribution < 1.29 is 9.53 Å². The van der Waals surface area contributed by atoms with E-state index in [9.17, 15) is 9.59 Å². The highest BCUT2D eigenvalue weighted by atomic mass is 35.5. The quantitative estimate of drug-likeness (QED) is 0.540. The van der Waals surface area contributed by atoms with E-state index in [1.807, 2.05) is 44.2 Å². The first-order valence-corrected chi connectivity index (χ1v) is 10.4. The summed E-state index contributed by atoms with van der Waals surface area (Å²) in [6.45, 7) is 4.64. The van der Waals surface area contributed by atoms with Gasteiger partial charge in [0, 0.05) is 18.6 Å². The minimum atomic E-state index is -0.353. The number of nitrogens with zero attached hydrogens (tertiary/aromatic N) is 3. The highest BCUT2D eigenvalue weighted by molar-refractivity contribution is 6.31. The van der Waals surface area contributed by atoms with Crippen molar-refractivity contribution in [2.75, 3.05) is 13.7 Å². The van der Waals surface area contributed by atoms with Crippen molar-refractivity contribution in [1.29, 1.82) is 0 Å². The molecule has 0 saturated heterocycles. The fraction of sp³-hybridized carbons (Fsp3) is 0.348. The summed E-state index contributed by atoms with van der Waals surface area (Å²) < 4.78 is 7.23. The molecule has 2 aromatic carbocycles. The van der Waals surface area contributed by atoms with Gasteiger partial charge in [0.05, 0.1) is 23.6 Å². The van der Waals surface area contributed by atoms with Gasteiger partial charge in [-0.3, -0.25) is 14.2 Å². The predicted molar refractivity (Wildman–Crippen MR) is 119 cm³/mol. The summed E-state index contributed by atoms with van der Waals surface area (Å²) in [4.78, 5) is 32.1. The van der Waals surface area contributed by atoms with Crippen LogP contribution in [-0.2, 0) is 22.7 Å². The number of hydrogen-bond donors (Lipinski definition) is 0. The smallest absolute Gasteiger partial charge is 0.261 e. The fourth-order valence-corrected chi connectivity index (χ4v) is 3.67. The average Bonchev–Trinajstić information content (AvgIpc) is 2.75. The highest BCUT2D eigenvalue weighted by Gasteiger charge is 2.25. The average molecular weight is 428 g/mol. The molecule has 7 heteroatoms. The van der Waals surface area contributed by atoms with E-state index in [2.05, 4.69) is 0 Å². The zero-order valence-electron chi connectivity index (χ0n) is 17.5. The van der Waals surface area contributed by atoms with E-state index in [0.29, 0.717) is 41.3 Å². The molecular weight excluding hydrogens is 402 g/mol. The number of rotatable bonds is 8. The maximum absolute atomic E-state index is 13.0. The molecule has 0 aliphatic rings. The van der Waals surface area contributed by atoms with Crippen LogP contribution in [0.5, 0.6) is 0 Å². The van der Waals surface area contributed by atoms with Gasteiger partial charge in [0.1, 0.15) is 12.4 Å². The van der Waals surface area contributed by atoms with Gasteiger partial charge in [0.25, 0.3) is 5.56 Å². The molecule has 0 saturated carbocycles. The van der Waals surface area contributed by atoms with Gasteiger partial charge < -0.3 is 9.64 Å². The molecule has 1 heterocycles. The zero-order valence-corrected chi connectivity index (χ0v) is 18.2. The van der Waals surface area contributed by atoms with E-state index in [-0.39, 0.29) is 24.1 Å². The van der Waals surface area contributed by atoms with Crippen molar-refractivity contribution in [1.82, 2.24) is 14.5 Å². The van der Waals surface area contributed by atoms with Crippen molar-refractivity contribution in [2.24, 2.45) is 0 Å². The molecule has 0 spiro atoms. The number of hydrogen-bond acceptors (Lipinski definition) is 4. The molecule has 0 bridgehead atoms. The van der Waals surface area contributed by atoms with Crippen LogP contribution in [0.1, 0.15) is 37.7 Å². The summed E-state index contributed by atoms with van der Waals surface area (Å²) in [5.74, 6) is 0.388. The third kappa shape index (κ3) is 4.71. The van der Waals surface area contributed by atoms with Crippen LogP contribution in [0, 0.1) is 0 Å². The Bertz CT molecular complexity index is 1080. The minimum Gasteiger partial charge on any atom is -0.367 e. The Morgan fingerprint density at radius 1 is 1.20 bits per heavy atom. The molecule has 3 rings (SSSR count). The van der Waals surface area contributed by atoms with Gasteiger partial charge in [-0.2, -0.15) is 0 Å². The lowest BCUT2D eigenvalue weighted by Crippen LogP contribution is -2.38. The summed E-state index contributed by atoms with van der Waals surface area (Å²) in [6, 6.07) is 14.4. The number of amides is 1. The van der Waals surface area contributed by atoms with Gasteiger partial charge in [-0.05, 0) is 37.1 Å². The normalized spacial score (nSPS) is 12.1. The topological polar surface area (TPSA) is 64.4 Å². The van der Waals surface area contributed by atoms with Gasteiger partial charge in [0.15, 0.2) is 0 Å². The van der Waals surface area contributed by atoms with Crippen molar-refractivity contribution in [2.45, 2.75) is 39.5 Å². The second-order valence-corrected chi connectivity index (χ2v) is 7.52. The number of ether oxygens (including phenoxy) is 1. The summed E-state index contributed by atoms with van der Waals surface area (Å²) in [5.41, 5.74) is 1.41. The van der Waals surface area contributed by atoms with Crippen LogP contribution in [0.4, 0.5) is 0 Å². The van der Waals surface area contributed by atoms with E-state index >= 15 is 0 Å². The first-order valence-electron chi connectivity index (χ1n) is 10.0. The zero-order chi connectivity index (χ0) is 21.7. The number of benzene rings is 2. The van der Waals surface area contributed by atoms with Crippen LogP contribution in [0.2, 0.25) is 5.02 Å². The van der Waals surface area contributed by atoms with Crippen molar-refractivity contribution in [3.05, 3.63) is 75.3 Å². The van der Waals surface area contributed by atoms with E-state index in [4.69, 9.17) is 21.3 Å². The summed E-state index contributed by atoms with van der Waals surface area (Å²) in [5, 5.41) is 1.03. The van der Waals surface area contributed by atoms with E-state index in [1.54, 1.807) is 34.7 Å². The highest BCUT2D eigenvalue weighted by Crippen LogP contribution is 2.24. The van der Waals surface area contributed by atoms with E-state index < -0.39 is 0 Å². The summed E-state index contributed by atoms with van der Waals surface area (Å²) >= 11 is 6.10. The predicted octanol–water partition coefficient (Wildman–Crippen LogP) is 4.20. The van der Waals surface area contributed by atoms with Crippen LogP contribution in [-0.4, -0.2) is 34.0 Å². The van der Waals surface area contributed by atoms with Crippen LogP contribution >= 0.6 is 11.6 Å². The SMILES string of the molecule is CCC(c1nc2cc(Cl)ccc2c(=O)n1CC)N(C)C(=O)COCc1ccccc1. The maximum atomic E-state index is 13.0. The molecule has 1 atom stereocenters. The molecule has 0 aliphatic heterocycles. The molecule has 0 N–H and O–H groups in total. The molecule has 158 valence electrons. The van der Waals surface area contributed by atoms with Crippen LogP contribution in [0.3, 0.4) is 0 Å². The Morgan fingerprint density at radius 2 is 1.93 bits per heavy atom. The Kier molecular flexibility index (Phi) is 7.24. The van der Waals surface area contributed by atoms with Gasteiger partial charge in [-0.25, -0.2) is 4.98 Å². The number of carbonyl (C=O) groups excluding carboxylic acids is 1. The summed E-state index contributed by atoms with van der Waals surface area (Å²) in [7, 11) is 1.72. The molecule has 30 heavy (non-hydrogen) atoms. The second kappa shape index (κ2) is 9.87.